The monoisotopic (exact) mass is 410 g/mol. The molecule has 0 saturated carbocycles. The summed E-state index contributed by atoms with van der Waals surface area (Å²) in [6, 6.07) is 24.5. The Labute approximate surface area is 178 Å². The number of fused-ring (bicyclic) bond motifs is 2. The van der Waals surface area contributed by atoms with Crippen molar-refractivity contribution < 1.29 is 8.98 Å². The molecule has 0 aliphatic carbocycles. The van der Waals surface area contributed by atoms with Gasteiger partial charge in [-0.2, -0.15) is 4.57 Å². The van der Waals surface area contributed by atoms with E-state index >= 15 is 0 Å². The van der Waals surface area contributed by atoms with Gasteiger partial charge in [0.2, 0.25) is 5.52 Å². The third-order valence-corrected chi connectivity index (χ3v) is 6.31. The van der Waals surface area contributed by atoms with Crippen molar-refractivity contribution in [1.29, 1.82) is 0 Å². The lowest BCUT2D eigenvalue weighted by Gasteiger charge is -2.00. The normalized spacial score (nSPS) is 11.6. The summed E-state index contributed by atoms with van der Waals surface area (Å²) in [5.41, 5.74) is 4.63. The lowest BCUT2D eigenvalue weighted by molar-refractivity contribution is -0.659. The third-order valence-electron chi connectivity index (χ3n) is 5.18. The van der Waals surface area contributed by atoms with Crippen LogP contribution < -0.4 is 10.00 Å². The SMILES string of the molecule is Cc1ccc2occ(C=Cc3sc4ccccc4[n+]3Cc3ccccc3)c(=O)c2c1. The molecule has 0 N–H and O–H groups in total. The molecule has 3 nitrogen and oxygen atoms in total. The Morgan fingerprint density at radius 3 is 2.63 bits per heavy atom. The quantitative estimate of drug-likeness (QED) is 0.350. The lowest BCUT2D eigenvalue weighted by Crippen LogP contribution is -2.35. The molecule has 0 radical (unpaired) electrons. The first-order valence-corrected chi connectivity index (χ1v) is 10.7. The molecule has 0 spiro atoms. The first-order valence-electron chi connectivity index (χ1n) is 9.84. The lowest BCUT2D eigenvalue weighted by atomic mass is 10.1. The number of aromatic nitrogens is 1. The van der Waals surface area contributed by atoms with E-state index in [0.29, 0.717) is 16.5 Å². The summed E-state index contributed by atoms with van der Waals surface area (Å²) in [5.74, 6) is 0. The van der Waals surface area contributed by atoms with Crippen LogP contribution in [0.2, 0.25) is 0 Å². The molecule has 4 heteroatoms. The van der Waals surface area contributed by atoms with Crippen LogP contribution in [-0.2, 0) is 6.54 Å². The molecule has 2 aromatic heterocycles. The Morgan fingerprint density at radius 2 is 1.77 bits per heavy atom. The van der Waals surface area contributed by atoms with Crippen LogP contribution >= 0.6 is 11.3 Å². The maximum atomic E-state index is 12.9. The summed E-state index contributed by atoms with van der Waals surface area (Å²) in [4.78, 5) is 12.9. The van der Waals surface area contributed by atoms with E-state index in [9.17, 15) is 4.79 Å². The van der Waals surface area contributed by atoms with Crippen molar-refractivity contribution in [3.05, 3.63) is 111 Å². The highest BCUT2D eigenvalue weighted by atomic mass is 32.1. The molecule has 0 fully saturated rings. The first kappa shape index (κ1) is 18.5. The zero-order valence-corrected chi connectivity index (χ0v) is 17.4. The van der Waals surface area contributed by atoms with Gasteiger partial charge < -0.3 is 4.42 Å². The molecule has 0 unspecified atom stereocenters. The van der Waals surface area contributed by atoms with Gasteiger partial charge in [-0.1, -0.05) is 65.4 Å². The zero-order valence-electron chi connectivity index (χ0n) is 16.5. The molecule has 30 heavy (non-hydrogen) atoms. The van der Waals surface area contributed by atoms with Gasteiger partial charge in [-0.3, -0.25) is 4.79 Å². The van der Waals surface area contributed by atoms with Gasteiger partial charge in [0.15, 0.2) is 12.0 Å². The standard InChI is InChI=1S/C26H20NO2S/c1-18-11-13-23-21(15-18)26(28)20(17-29-23)12-14-25-27(16-19-7-3-2-4-8-19)22-9-5-6-10-24(22)30-25/h2-15,17H,16H2,1H3/q+1. The largest absolute Gasteiger partial charge is 0.463 e. The summed E-state index contributed by atoms with van der Waals surface area (Å²) in [6.07, 6.45) is 5.42. The molecule has 0 saturated heterocycles. The van der Waals surface area contributed by atoms with E-state index in [1.807, 2.05) is 43.3 Å². The number of hydrogen-bond donors (Lipinski definition) is 0. The van der Waals surface area contributed by atoms with E-state index in [4.69, 9.17) is 4.42 Å². The molecule has 5 aromatic rings. The highest BCUT2D eigenvalue weighted by molar-refractivity contribution is 7.18. The van der Waals surface area contributed by atoms with Crippen LogP contribution in [0.25, 0.3) is 33.3 Å². The predicted octanol–water partition coefficient (Wildman–Crippen LogP) is 5.82. The van der Waals surface area contributed by atoms with Crippen LogP contribution in [0.15, 0.2) is 88.3 Å². The van der Waals surface area contributed by atoms with Crippen molar-refractivity contribution in [2.45, 2.75) is 13.5 Å². The molecule has 0 atom stereocenters. The average Bonchev–Trinajstić information content (AvgIpc) is 3.12. The zero-order chi connectivity index (χ0) is 20.5. The molecule has 0 aliphatic rings. The minimum Gasteiger partial charge on any atom is -0.463 e. The fourth-order valence-electron chi connectivity index (χ4n) is 3.64. The van der Waals surface area contributed by atoms with Crippen LogP contribution in [-0.4, -0.2) is 0 Å². The smallest absolute Gasteiger partial charge is 0.263 e. The number of benzene rings is 3. The second-order valence-corrected chi connectivity index (χ2v) is 8.40. The topological polar surface area (TPSA) is 34.1 Å². The number of hydrogen-bond acceptors (Lipinski definition) is 3. The fourth-order valence-corrected chi connectivity index (χ4v) is 4.71. The fraction of sp³-hybridized carbons (Fsp3) is 0.0769. The van der Waals surface area contributed by atoms with E-state index in [0.717, 1.165) is 17.1 Å². The second-order valence-electron chi connectivity index (χ2n) is 7.33. The molecule has 2 heterocycles. The molecular formula is C26H20NO2S+. The summed E-state index contributed by atoms with van der Waals surface area (Å²) in [7, 11) is 0. The van der Waals surface area contributed by atoms with Crippen molar-refractivity contribution in [3.63, 3.8) is 0 Å². The number of aryl methyl sites for hydroxylation is 1. The van der Waals surface area contributed by atoms with Crippen molar-refractivity contribution in [2.75, 3.05) is 0 Å². The Hall–Kier alpha value is -3.50. The number of thiazole rings is 1. The van der Waals surface area contributed by atoms with E-state index < -0.39 is 0 Å². The van der Waals surface area contributed by atoms with Crippen LogP contribution in [0.3, 0.4) is 0 Å². The predicted molar refractivity (Wildman–Crippen MR) is 124 cm³/mol. The number of rotatable bonds is 4. The minimum atomic E-state index is -0.00748. The van der Waals surface area contributed by atoms with Crippen molar-refractivity contribution in [1.82, 2.24) is 0 Å². The molecule has 146 valence electrons. The Kier molecular flexibility index (Phi) is 4.77. The molecule has 0 bridgehead atoms. The van der Waals surface area contributed by atoms with Crippen molar-refractivity contribution in [3.8, 4) is 0 Å². The van der Waals surface area contributed by atoms with Crippen LogP contribution in [0, 0.1) is 6.92 Å². The summed E-state index contributed by atoms with van der Waals surface area (Å²) >= 11 is 1.72. The molecule has 3 aromatic carbocycles. The van der Waals surface area contributed by atoms with Gasteiger partial charge in [0.25, 0.3) is 5.01 Å². The average molecular weight is 411 g/mol. The van der Waals surface area contributed by atoms with Gasteiger partial charge >= 0.3 is 0 Å². The van der Waals surface area contributed by atoms with E-state index in [1.54, 1.807) is 17.6 Å². The molecule has 5 rings (SSSR count). The van der Waals surface area contributed by atoms with Gasteiger partial charge in [-0.15, -0.1) is 0 Å². The highest BCUT2D eigenvalue weighted by Crippen LogP contribution is 2.23. The van der Waals surface area contributed by atoms with Crippen molar-refractivity contribution >= 4 is 44.7 Å². The van der Waals surface area contributed by atoms with Crippen LogP contribution in [0.5, 0.6) is 0 Å². The number of para-hydroxylation sites is 1. The molecular weight excluding hydrogens is 390 g/mol. The second kappa shape index (κ2) is 7.73. The van der Waals surface area contributed by atoms with Crippen LogP contribution in [0.4, 0.5) is 0 Å². The maximum absolute atomic E-state index is 12.9. The maximum Gasteiger partial charge on any atom is 0.263 e. The van der Waals surface area contributed by atoms with Gasteiger partial charge in [-0.25, -0.2) is 0 Å². The summed E-state index contributed by atoms with van der Waals surface area (Å²) in [6.45, 7) is 2.75. The summed E-state index contributed by atoms with van der Waals surface area (Å²) < 4.78 is 9.20. The van der Waals surface area contributed by atoms with E-state index in [1.165, 1.54) is 15.8 Å². The van der Waals surface area contributed by atoms with Crippen molar-refractivity contribution in [2.24, 2.45) is 0 Å². The van der Waals surface area contributed by atoms with Gasteiger partial charge in [-0.05, 0) is 31.2 Å². The Balaban J connectivity index is 1.59. The third kappa shape index (κ3) is 3.46. The molecule has 0 aliphatic heterocycles. The Bertz CT molecular complexity index is 1440. The van der Waals surface area contributed by atoms with Gasteiger partial charge in [0, 0.05) is 17.7 Å². The minimum absolute atomic E-state index is 0.00748. The number of nitrogens with zero attached hydrogens (tertiary/aromatic N) is 1. The highest BCUT2D eigenvalue weighted by Gasteiger charge is 2.18. The van der Waals surface area contributed by atoms with Gasteiger partial charge in [0.1, 0.15) is 16.5 Å². The van der Waals surface area contributed by atoms with E-state index in [-0.39, 0.29) is 5.43 Å². The van der Waals surface area contributed by atoms with Crippen LogP contribution in [0.1, 0.15) is 21.7 Å². The molecule has 0 amide bonds. The first-order chi connectivity index (χ1) is 14.7. The van der Waals surface area contributed by atoms with E-state index in [2.05, 4.69) is 53.1 Å². The Morgan fingerprint density at radius 1 is 0.967 bits per heavy atom. The summed E-state index contributed by atoms with van der Waals surface area (Å²) in [5, 5.41) is 1.70. The van der Waals surface area contributed by atoms with Gasteiger partial charge in [0.05, 0.1) is 10.9 Å².